The Morgan fingerprint density at radius 3 is 3.03 bits per heavy atom. The van der Waals surface area contributed by atoms with Gasteiger partial charge in [0.1, 0.15) is 22.1 Å². The van der Waals surface area contributed by atoms with Gasteiger partial charge in [0, 0.05) is 23.3 Å². The Hall–Kier alpha value is -3.11. The molecule has 3 heterocycles. The third-order valence-corrected chi connectivity index (χ3v) is 5.89. The van der Waals surface area contributed by atoms with Gasteiger partial charge >= 0.3 is 0 Å². The zero-order valence-electron chi connectivity index (χ0n) is 18.2. The predicted molar refractivity (Wildman–Crippen MR) is 125 cm³/mol. The number of amides is 1. The van der Waals surface area contributed by atoms with Crippen molar-refractivity contribution >= 4 is 28.8 Å². The number of hydrogen-bond acceptors (Lipinski definition) is 6. The van der Waals surface area contributed by atoms with Gasteiger partial charge in [0.05, 0.1) is 18.3 Å². The maximum Gasteiger partial charge on any atom is 0.237 e. The topological polar surface area (TPSA) is 117 Å². The smallest absolute Gasteiger partial charge is 0.237 e. The van der Waals surface area contributed by atoms with Crippen LogP contribution in [0, 0.1) is 5.82 Å². The van der Waals surface area contributed by atoms with Crippen LogP contribution in [0.5, 0.6) is 0 Å². The summed E-state index contributed by atoms with van der Waals surface area (Å²) >= 11 is 1.43. The zero-order valence-corrected chi connectivity index (χ0v) is 19.0. The molecule has 0 aromatic carbocycles. The molecular weight excluding hydrogens is 429 g/mol. The van der Waals surface area contributed by atoms with E-state index in [1.54, 1.807) is 26.1 Å². The van der Waals surface area contributed by atoms with Crippen molar-refractivity contribution in [3.8, 4) is 0 Å². The van der Waals surface area contributed by atoms with E-state index in [-0.39, 0.29) is 23.6 Å². The van der Waals surface area contributed by atoms with Crippen LogP contribution in [0.2, 0.25) is 0 Å². The summed E-state index contributed by atoms with van der Waals surface area (Å²) in [6.07, 6.45) is 6.67. The lowest BCUT2D eigenvalue weighted by Crippen LogP contribution is -2.40. The highest BCUT2D eigenvalue weighted by Crippen LogP contribution is 2.25. The molecule has 2 aromatic heterocycles. The number of rotatable bonds is 8. The summed E-state index contributed by atoms with van der Waals surface area (Å²) in [7, 11) is 0. The number of nitrogens with zero attached hydrogens (tertiary/aromatic N) is 3. The van der Waals surface area contributed by atoms with E-state index >= 15 is 0 Å². The molecule has 0 aliphatic carbocycles. The van der Waals surface area contributed by atoms with Gasteiger partial charge in [-0.05, 0) is 45.4 Å². The van der Waals surface area contributed by atoms with Crippen LogP contribution >= 0.6 is 11.3 Å². The van der Waals surface area contributed by atoms with Crippen molar-refractivity contribution in [1.82, 2.24) is 25.9 Å². The maximum absolute atomic E-state index is 14.1. The maximum atomic E-state index is 14.1. The number of halogens is 1. The number of guanidine groups is 1. The lowest BCUT2D eigenvalue weighted by molar-refractivity contribution is -0.122. The highest BCUT2D eigenvalue weighted by Gasteiger charge is 2.25. The van der Waals surface area contributed by atoms with E-state index in [0.717, 1.165) is 30.1 Å². The van der Waals surface area contributed by atoms with E-state index in [1.807, 2.05) is 5.38 Å². The summed E-state index contributed by atoms with van der Waals surface area (Å²) in [5.74, 6) is -0.343. The largest absolute Gasteiger partial charge is 0.370 e. The molecule has 10 heteroatoms. The predicted octanol–water partition coefficient (Wildman–Crippen LogP) is 2.41. The van der Waals surface area contributed by atoms with Crippen molar-refractivity contribution < 1.29 is 9.18 Å². The van der Waals surface area contributed by atoms with Crippen molar-refractivity contribution in [2.45, 2.75) is 44.8 Å². The molecule has 3 rings (SSSR count). The van der Waals surface area contributed by atoms with Gasteiger partial charge in [0.2, 0.25) is 5.91 Å². The fourth-order valence-electron chi connectivity index (χ4n) is 3.31. The van der Waals surface area contributed by atoms with Crippen LogP contribution in [0.3, 0.4) is 0 Å². The molecule has 8 nitrogen and oxygen atoms in total. The number of aromatic nitrogens is 2. The Labute approximate surface area is 191 Å². The highest BCUT2D eigenvalue weighted by molar-refractivity contribution is 7.10. The molecule has 170 valence electrons. The summed E-state index contributed by atoms with van der Waals surface area (Å²) in [4.78, 5) is 25.1. The average molecular weight is 458 g/mol. The molecule has 0 saturated carbocycles. The minimum atomic E-state index is -0.953. The first-order valence-corrected chi connectivity index (χ1v) is 11.2. The van der Waals surface area contributed by atoms with Gasteiger partial charge in [-0.2, -0.15) is 0 Å². The molecule has 32 heavy (non-hydrogen) atoms. The Kier molecular flexibility index (Phi) is 7.70. The Morgan fingerprint density at radius 1 is 1.53 bits per heavy atom. The number of carbonyl (C=O) groups is 1. The molecule has 2 aromatic rings. The Morgan fingerprint density at radius 2 is 2.34 bits per heavy atom. The second-order valence-corrected chi connectivity index (χ2v) is 8.71. The van der Waals surface area contributed by atoms with Crippen LogP contribution < -0.4 is 21.7 Å². The van der Waals surface area contributed by atoms with Crippen LogP contribution in [0.4, 0.5) is 4.39 Å². The van der Waals surface area contributed by atoms with E-state index in [4.69, 9.17) is 5.73 Å². The minimum Gasteiger partial charge on any atom is -0.370 e. The van der Waals surface area contributed by atoms with Gasteiger partial charge < -0.3 is 21.7 Å². The molecule has 0 radical (unpaired) electrons. The number of thiazole rings is 1. The molecule has 0 bridgehead atoms. The summed E-state index contributed by atoms with van der Waals surface area (Å²) in [6.45, 7) is 8.52. The van der Waals surface area contributed by atoms with Crippen LogP contribution in [0.25, 0.3) is 5.57 Å². The third-order valence-electron chi connectivity index (χ3n) is 4.95. The highest BCUT2D eigenvalue weighted by atomic mass is 32.1. The SMILES string of the molecule is C=C/C(=C\NC(N)=NC(C)(C)c1ncccc1F)c1nc(CNC(=O)[C@@H]2CCCN2)cs1. The van der Waals surface area contributed by atoms with Crippen molar-refractivity contribution in [2.24, 2.45) is 10.7 Å². The molecule has 1 amide bonds. The van der Waals surface area contributed by atoms with Crippen LogP contribution in [0.15, 0.2) is 47.6 Å². The second kappa shape index (κ2) is 10.5. The van der Waals surface area contributed by atoms with Gasteiger partial charge in [-0.15, -0.1) is 11.3 Å². The normalized spacial score (nSPS) is 17.3. The molecule has 1 aliphatic rings. The van der Waals surface area contributed by atoms with E-state index in [9.17, 15) is 9.18 Å². The van der Waals surface area contributed by atoms with Crippen molar-refractivity contribution in [1.29, 1.82) is 0 Å². The molecule has 0 unspecified atom stereocenters. The number of pyridine rings is 1. The van der Waals surface area contributed by atoms with E-state index < -0.39 is 11.4 Å². The summed E-state index contributed by atoms with van der Waals surface area (Å²) in [6, 6.07) is 2.75. The second-order valence-electron chi connectivity index (χ2n) is 7.85. The summed E-state index contributed by atoms with van der Waals surface area (Å²) < 4.78 is 14.1. The van der Waals surface area contributed by atoms with Crippen molar-refractivity contribution in [3.05, 3.63) is 64.8 Å². The first-order chi connectivity index (χ1) is 15.3. The average Bonchev–Trinajstić information content (AvgIpc) is 3.45. The van der Waals surface area contributed by atoms with Gasteiger partial charge in [-0.25, -0.2) is 14.4 Å². The lowest BCUT2D eigenvalue weighted by Gasteiger charge is -2.20. The molecule has 0 spiro atoms. The van der Waals surface area contributed by atoms with E-state index in [1.165, 1.54) is 29.7 Å². The number of allylic oxidation sites excluding steroid dienone is 2. The van der Waals surface area contributed by atoms with Gasteiger partial charge in [-0.1, -0.05) is 12.7 Å². The number of nitrogens with one attached hydrogen (secondary N) is 3. The van der Waals surface area contributed by atoms with Gasteiger partial charge in [-0.3, -0.25) is 9.78 Å². The number of hydrogen-bond donors (Lipinski definition) is 4. The molecule has 1 aliphatic heterocycles. The first-order valence-electron chi connectivity index (χ1n) is 10.3. The quantitative estimate of drug-likeness (QED) is 0.275. The monoisotopic (exact) mass is 457 g/mol. The van der Waals surface area contributed by atoms with Crippen LogP contribution in [-0.2, 0) is 16.9 Å². The summed E-state index contributed by atoms with van der Waals surface area (Å²) in [5.41, 5.74) is 6.74. The molecule has 1 fully saturated rings. The van der Waals surface area contributed by atoms with E-state index in [2.05, 4.69) is 37.5 Å². The third kappa shape index (κ3) is 5.98. The fourth-order valence-corrected chi connectivity index (χ4v) is 4.14. The Bertz CT molecular complexity index is 1020. The standard InChI is InChI=1S/C22H28FN7OS/c1-4-14(11-28-21(24)30-22(2,3)18-16(23)7-5-10-26-18)20-29-15(13-32-20)12-27-19(31)17-8-6-9-25-17/h4-5,7,10-11,13,17,25H,1,6,8-9,12H2,2-3H3,(H,27,31)(H3,24,28,30)/b14-11+/t17-/m0/s1. The number of carbonyl (C=O) groups excluding carboxylic acids is 1. The molecule has 5 N–H and O–H groups in total. The fraction of sp³-hybridized carbons (Fsp3) is 0.364. The Balaban J connectivity index is 1.63. The molecule has 1 atom stereocenters. The molecular formula is C22H28FN7OS. The van der Waals surface area contributed by atoms with E-state index in [0.29, 0.717) is 12.1 Å². The summed E-state index contributed by atoms with van der Waals surface area (Å²) in [5, 5.41) is 11.6. The first kappa shape index (κ1) is 23.6. The lowest BCUT2D eigenvalue weighted by atomic mass is 10.0. The zero-order chi connectivity index (χ0) is 23.1. The number of aliphatic imine (C=N–C) groups is 1. The van der Waals surface area contributed by atoms with Crippen molar-refractivity contribution in [2.75, 3.05) is 6.54 Å². The van der Waals surface area contributed by atoms with Crippen molar-refractivity contribution in [3.63, 3.8) is 0 Å². The number of nitrogens with two attached hydrogens (primary N) is 1. The molecule has 1 saturated heterocycles. The van der Waals surface area contributed by atoms with Gasteiger partial charge in [0.25, 0.3) is 0 Å². The van der Waals surface area contributed by atoms with Crippen LogP contribution in [-0.4, -0.2) is 34.4 Å². The minimum absolute atomic E-state index is 0.00542. The van der Waals surface area contributed by atoms with Gasteiger partial charge in [0.15, 0.2) is 5.96 Å². The van der Waals surface area contributed by atoms with Crippen LogP contribution in [0.1, 0.15) is 43.1 Å².